The lowest BCUT2D eigenvalue weighted by molar-refractivity contribution is 0.0696. The van der Waals surface area contributed by atoms with E-state index in [1.54, 1.807) is 12.1 Å². The van der Waals surface area contributed by atoms with Crippen molar-refractivity contribution in [2.24, 2.45) is 0 Å². The predicted octanol–water partition coefficient (Wildman–Crippen LogP) is 2.47. The molecule has 1 N–H and O–H groups in total. The van der Waals surface area contributed by atoms with E-state index in [1.165, 1.54) is 0 Å². The predicted molar refractivity (Wildman–Crippen MR) is 54.9 cm³/mol. The van der Waals surface area contributed by atoms with Crippen LogP contribution >= 0.6 is 15.9 Å². The van der Waals surface area contributed by atoms with Crippen LogP contribution in [0.15, 0.2) is 16.6 Å². The Morgan fingerprint density at radius 3 is 3.00 bits per heavy atom. The van der Waals surface area contributed by atoms with Gasteiger partial charge in [0.15, 0.2) is 0 Å². The molecule has 3 nitrogen and oxygen atoms in total. The molecule has 0 aliphatic carbocycles. The Labute approximate surface area is 89.8 Å². The second-order valence-electron chi connectivity index (χ2n) is 3.20. The summed E-state index contributed by atoms with van der Waals surface area (Å²) in [4.78, 5) is 10.8. The number of hydrogen-bond acceptors (Lipinski definition) is 2. The Morgan fingerprint density at radius 1 is 1.50 bits per heavy atom. The van der Waals surface area contributed by atoms with Crippen LogP contribution in [0.2, 0.25) is 0 Å². The number of fused-ring (bicyclic) bond motifs is 1. The molecule has 0 aromatic heterocycles. The topological polar surface area (TPSA) is 46.5 Å². The van der Waals surface area contributed by atoms with Crippen LogP contribution in [-0.2, 0) is 6.42 Å². The Kier molecular flexibility index (Phi) is 2.46. The highest BCUT2D eigenvalue weighted by Crippen LogP contribution is 2.34. The molecule has 1 aliphatic rings. The minimum absolute atomic E-state index is 0.307. The van der Waals surface area contributed by atoms with E-state index in [4.69, 9.17) is 9.84 Å². The van der Waals surface area contributed by atoms with Gasteiger partial charge in [-0.2, -0.15) is 0 Å². The maximum Gasteiger partial charge on any atom is 0.335 e. The summed E-state index contributed by atoms with van der Waals surface area (Å²) in [5, 5.41) is 8.85. The van der Waals surface area contributed by atoms with Gasteiger partial charge in [-0.15, -0.1) is 0 Å². The van der Waals surface area contributed by atoms with Crippen molar-refractivity contribution in [1.29, 1.82) is 0 Å². The number of aromatic carboxylic acids is 1. The van der Waals surface area contributed by atoms with Gasteiger partial charge >= 0.3 is 5.97 Å². The van der Waals surface area contributed by atoms with Crippen LogP contribution in [-0.4, -0.2) is 17.7 Å². The quantitative estimate of drug-likeness (QED) is 0.840. The third-order valence-electron chi connectivity index (χ3n) is 2.20. The van der Waals surface area contributed by atoms with Gasteiger partial charge < -0.3 is 9.84 Å². The lowest BCUT2D eigenvalue weighted by atomic mass is 10.0. The van der Waals surface area contributed by atoms with E-state index in [0.717, 1.165) is 28.6 Å². The summed E-state index contributed by atoms with van der Waals surface area (Å²) in [5.74, 6) is -0.111. The summed E-state index contributed by atoms with van der Waals surface area (Å²) in [6, 6.07) is 3.26. The smallest absolute Gasteiger partial charge is 0.335 e. The summed E-state index contributed by atoms with van der Waals surface area (Å²) in [7, 11) is 0. The van der Waals surface area contributed by atoms with Crippen molar-refractivity contribution in [3.63, 3.8) is 0 Å². The van der Waals surface area contributed by atoms with E-state index in [1.807, 2.05) is 0 Å². The van der Waals surface area contributed by atoms with Crippen LogP contribution in [0.5, 0.6) is 5.75 Å². The van der Waals surface area contributed by atoms with Gasteiger partial charge in [0.05, 0.1) is 16.6 Å². The van der Waals surface area contributed by atoms with Crippen molar-refractivity contribution in [2.45, 2.75) is 12.8 Å². The molecule has 1 aromatic rings. The largest absolute Gasteiger partial charge is 0.492 e. The fourth-order valence-electron chi connectivity index (χ4n) is 1.56. The summed E-state index contributed by atoms with van der Waals surface area (Å²) in [6.07, 6.45) is 1.83. The van der Waals surface area contributed by atoms with E-state index in [-0.39, 0.29) is 0 Å². The first kappa shape index (κ1) is 9.52. The van der Waals surface area contributed by atoms with Gasteiger partial charge in [-0.1, -0.05) is 0 Å². The number of ether oxygens (including phenoxy) is 1. The molecule has 1 aromatic carbocycles. The van der Waals surface area contributed by atoms with Gasteiger partial charge in [0.1, 0.15) is 5.75 Å². The molecule has 0 unspecified atom stereocenters. The van der Waals surface area contributed by atoms with Crippen LogP contribution in [0.3, 0.4) is 0 Å². The first-order valence-electron chi connectivity index (χ1n) is 4.37. The zero-order chi connectivity index (χ0) is 10.1. The van der Waals surface area contributed by atoms with E-state index in [9.17, 15) is 4.79 Å². The summed E-state index contributed by atoms with van der Waals surface area (Å²) in [5.41, 5.74) is 1.28. The number of hydrogen-bond donors (Lipinski definition) is 1. The first-order valence-corrected chi connectivity index (χ1v) is 5.16. The van der Waals surface area contributed by atoms with Gasteiger partial charge in [0.25, 0.3) is 0 Å². The molecule has 0 amide bonds. The Hall–Kier alpha value is -1.03. The molecule has 74 valence electrons. The number of carboxylic acid groups (broad SMARTS) is 1. The van der Waals surface area contributed by atoms with Crippen LogP contribution in [0.4, 0.5) is 0 Å². The molecule has 4 heteroatoms. The van der Waals surface area contributed by atoms with E-state index < -0.39 is 5.97 Å². The van der Waals surface area contributed by atoms with E-state index in [0.29, 0.717) is 12.2 Å². The Morgan fingerprint density at radius 2 is 2.29 bits per heavy atom. The van der Waals surface area contributed by atoms with Crippen molar-refractivity contribution in [1.82, 2.24) is 0 Å². The molecule has 0 fully saturated rings. The minimum atomic E-state index is -0.904. The highest BCUT2D eigenvalue weighted by Gasteiger charge is 2.16. The molecule has 0 spiro atoms. The van der Waals surface area contributed by atoms with Gasteiger partial charge in [-0.05, 0) is 46.5 Å². The second kappa shape index (κ2) is 3.61. The van der Waals surface area contributed by atoms with E-state index in [2.05, 4.69) is 15.9 Å². The molecule has 2 rings (SSSR count). The average molecular weight is 257 g/mol. The molecule has 0 bridgehead atoms. The maximum atomic E-state index is 10.8. The van der Waals surface area contributed by atoms with Gasteiger partial charge in [-0.3, -0.25) is 0 Å². The monoisotopic (exact) mass is 256 g/mol. The van der Waals surface area contributed by atoms with Crippen LogP contribution in [0, 0.1) is 0 Å². The highest BCUT2D eigenvalue weighted by molar-refractivity contribution is 9.10. The molecule has 1 aliphatic heterocycles. The zero-order valence-corrected chi connectivity index (χ0v) is 9.00. The number of rotatable bonds is 1. The van der Waals surface area contributed by atoms with Crippen LogP contribution < -0.4 is 4.74 Å². The molecule has 14 heavy (non-hydrogen) atoms. The van der Waals surface area contributed by atoms with Crippen molar-refractivity contribution in [3.05, 3.63) is 27.7 Å². The molecular weight excluding hydrogens is 248 g/mol. The molecule has 0 radical (unpaired) electrons. The number of halogens is 1. The molecule has 0 saturated heterocycles. The lowest BCUT2D eigenvalue weighted by Crippen LogP contribution is -2.10. The zero-order valence-electron chi connectivity index (χ0n) is 7.42. The summed E-state index contributed by atoms with van der Waals surface area (Å²) < 4.78 is 6.18. The summed E-state index contributed by atoms with van der Waals surface area (Å²) in [6.45, 7) is 0.706. The Bertz CT molecular complexity index is 387. The van der Waals surface area contributed by atoms with E-state index >= 15 is 0 Å². The van der Waals surface area contributed by atoms with Crippen molar-refractivity contribution in [3.8, 4) is 5.75 Å². The molecular formula is C10H9BrO3. The van der Waals surface area contributed by atoms with Crippen molar-refractivity contribution >= 4 is 21.9 Å². The molecule has 1 heterocycles. The Balaban J connectivity index is 2.51. The third kappa shape index (κ3) is 1.62. The van der Waals surface area contributed by atoms with Crippen LogP contribution in [0.1, 0.15) is 22.3 Å². The molecule has 0 saturated carbocycles. The number of aryl methyl sites for hydroxylation is 1. The van der Waals surface area contributed by atoms with Gasteiger partial charge in [0, 0.05) is 0 Å². The van der Waals surface area contributed by atoms with Crippen molar-refractivity contribution < 1.29 is 14.6 Å². The third-order valence-corrected chi connectivity index (χ3v) is 2.79. The first-order chi connectivity index (χ1) is 6.68. The molecule has 0 atom stereocenters. The SMILES string of the molecule is O=C(O)c1cc(Br)c2c(c1)CCCO2. The number of carboxylic acids is 1. The average Bonchev–Trinajstić information content (AvgIpc) is 2.17. The number of benzene rings is 1. The fraction of sp³-hybridized carbons (Fsp3) is 0.300. The lowest BCUT2D eigenvalue weighted by Gasteiger charge is -2.18. The minimum Gasteiger partial charge on any atom is -0.492 e. The normalized spacial score (nSPS) is 14.4. The fourth-order valence-corrected chi connectivity index (χ4v) is 2.17. The highest BCUT2D eigenvalue weighted by atomic mass is 79.9. The second-order valence-corrected chi connectivity index (χ2v) is 4.06. The number of carbonyl (C=O) groups is 1. The van der Waals surface area contributed by atoms with Crippen molar-refractivity contribution in [2.75, 3.05) is 6.61 Å². The van der Waals surface area contributed by atoms with Gasteiger partial charge in [-0.25, -0.2) is 4.79 Å². The standard InChI is InChI=1S/C10H9BrO3/c11-8-5-7(10(12)13)4-6-2-1-3-14-9(6)8/h4-5H,1-3H2,(H,12,13). The van der Waals surface area contributed by atoms with Gasteiger partial charge in [0.2, 0.25) is 0 Å². The maximum absolute atomic E-state index is 10.8. The van der Waals surface area contributed by atoms with Crippen LogP contribution in [0.25, 0.3) is 0 Å². The summed E-state index contributed by atoms with van der Waals surface area (Å²) >= 11 is 3.31.